The number of pyridine rings is 1. The number of halogens is 1. The van der Waals surface area contributed by atoms with Crippen LogP contribution in [0.1, 0.15) is 0 Å². The Bertz CT molecular complexity index is 973. The van der Waals surface area contributed by atoms with Crippen molar-refractivity contribution in [2.24, 2.45) is 0 Å². The third kappa shape index (κ3) is 2.16. The summed E-state index contributed by atoms with van der Waals surface area (Å²) < 4.78 is 0. The number of aromatic amines is 1. The zero-order valence-corrected chi connectivity index (χ0v) is 13.1. The number of nitriles is 1. The molecular formula is C16H11ClN6O. The summed E-state index contributed by atoms with van der Waals surface area (Å²) in [4.78, 5) is 26.8. The molecule has 3 heterocycles. The lowest BCUT2D eigenvalue weighted by molar-refractivity contribution is 0.255. The molecule has 1 aliphatic rings. The molecule has 1 atom stereocenters. The topological polar surface area (TPSA) is 88.9 Å². The molecular weight excluding hydrogens is 328 g/mol. The van der Waals surface area contributed by atoms with Crippen LogP contribution in [-0.2, 0) is 0 Å². The lowest BCUT2D eigenvalue weighted by Gasteiger charge is -2.20. The highest BCUT2D eigenvalue weighted by atomic mass is 35.5. The molecule has 0 bridgehead atoms. The van der Waals surface area contributed by atoms with E-state index in [9.17, 15) is 10.1 Å². The highest BCUT2D eigenvalue weighted by molar-refractivity contribution is 6.29. The van der Waals surface area contributed by atoms with E-state index in [1.165, 1.54) is 16.0 Å². The Morgan fingerprint density at radius 2 is 2.12 bits per heavy atom. The van der Waals surface area contributed by atoms with Crippen molar-refractivity contribution in [3.8, 4) is 6.07 Å². The van der Waals surface area contributed by atoms with E-state index in [1.54, 1.807) is 12.4 Å². The van der Waals surface area contributed by atoms with Gasteiger partial charge in [0.15, 0.2) is 0 Å². The van der Waals surface area contributed by atoms with Gasteiger partial charge in [-0.1, -0.05) is 35.9 Å². The maximum Gasteiger partial charge on any atom is 0.332 e. The lowest BCUT2D eigenvalue weighted by atomic mass is 10.1. The first-order valence-electron chi connectivity index (χ1n) is 7.22. The molecule has 0 aliphatic carbocycles. The molecule has 118 valence electrons. The van der Waals surface area contributed by atoms with E-state index >= 15 is 0 Å². The van der Waals surface area contributed by atoms with Gasteiger partial charge in [0.1, 0.15) is 11.2 Å². The van der Waals surface area contributed by atoms with Crippen molar-refractivity contribution in [1.82, 2.24) is 15.0 Å². The molecule has 0 unspecified atom stereocenters. The van der Waals surface area contributed by atoms with Crippen LogP contribution in [0.5, 0.6) is 0 Å². The number of imidazole rings is 1. The number of urea groups is 1. The number of aromatic nitrogens is 3. The Hall–Kier alpha value is -3.11. The molecule has 1 saturated heterocycles. The zero-order chi connectivity index (χ0) is 16.7. The van der Waals surface area contributed by atoms with Gasteiger partial charge < -0.3 is 4.98 Å². The number of nitrogens with zero attached hydrogens (tertiary/aromatic N) is 5. The highest BCUT2D eigenvalue weighted by Gasteiger charge is 2.41. The molecule has 1 fully saturated rings. The van der Waals surface area contributed by atoms with Crippen molar-refractivity contribution in [2.75, 3.05) is 16.3 Å². The maximum absolute atomic E-state index is 12.9. The molecule has 0 saturated carbocycles. The number of hydrogen-bond acceptors (Lipinski definition) is 4. The summed E-state index contributed by atoms with van der Waals surface area (Å²) in [5.41, 5.74) is 0.602. The van der Waals surface area contributed by atoms with Crippen molar-refractivity contribution >= 4 is 40.0 Å². The largest absolute Gasteiger partial charge is 0.332 e. The fraction of sp³-hybridized carbons (Fsp3) is 0.125. The minimum Gasteiger partial charge on any atom is -0.315 e. The smallest absolute Gasteiger partial charge is 0.315 e. The molecule has 2 aromatic heterocycles. The first-order chi connectivity index (χ1) is 11.7. The van der Waals surface area contributed by atoms with Gasteiger partial charge in [0.05, 0.1) is 30.7 Å². The van der Waals surface area contributed by atoms with Gasteiger partial charge in [-0.3, -0.25) is 14.8 Å². The van der Waals surface area contributed by atoms with Crippen LogP contribution in [0.4, 0.5) is 16.4 Å². The van der Waals surface area contributed by atoms with Crippen molar-refractivity contribution < 1.29 is 4.79 Å². The Morgan fingerprint density at radius 3 is 2.88 bits per heavy atom. The second kappa shape index (κ2) is 5.51. The van der Waals surface area contributed by atoms with Crippen LogP contribution in [-0.4, -0.2) is 33.6 Å². The van der Waals surface area contributed by atoms with Crippen LogP contribution in [0.15, 0.2) is 42.9 Å². The van der Waals surface area contributed by atoms with Gasteiger partial charge in [0.25, 0.3) is 0 Å². The van der Waals surface area contributed by atoms with E-state index in [0.29, 0.717) is 16.8 Å². The molecule has 1 aromatic carbocycles. The molecule has 2 amide bonds. The van der Waals surface area contributed by atoms with Crippen molar-refractivity contribution in [2.45, 2.75) is 6.04 Å². The molecule has 8 heteroatoms. The number of carbonyl (C=O) groups is 1. The maximum atomic E-state index is 12.9. The minimum absolute atomic E-state index is 0.197. The van der Waals surface area contributed by atoms with Gasteiger partial charge in [-0.15, -0.1) is 0 Å². The van der Waals surface area contributed by atoms with Crippen LogP contribution in [0, 0.1) is 11.3 Å². The number of rotatable bonds is 2. The van der Waals surface area contributed by atoms with Crippen LogP contribution in [0.25, 0.3) is 10.8 Å². The molecule has 4 rings (SSSR count). The van der Waals surface area contributed by atoms with E-state index in [-0.39, 0.29) is 12.6 Å². The lowest BCUT2D eigenvalue weighted by Crippen LogP contribution is -2.35. The minimum atomic E-state index is -0.644. The van der Waals surface area contributed by atoms with E-state index in [4.69, 9.17) is 11.6 Å². The summed E-state index contributed by atoms with van der Waals surface area (Å²) in [6.45, 7) is 0.197. The van der Waals surface area contributed by atoms with Crippen molar-refractivity contribution in [3.63, 3.8) is 0 Å². The Morgan fingerprint density at radius 1 is 1.29 bits per heavy atom. The number of nitrogens with one attached hydrogen (secondary N) is 1. The number of hydrogen-bond donors (Lipinski definition) is 1. The normalized spacial score (nSPS) is 17.5. The number of fused-ring (bicyclic) bond motifs is 1. The Balaban J connectivity index is 1.81. The number of anilines is 2. The van der Waals surface area contributed by atoms with Crippen LogP contribution < -0.4 is 9.80 Å². The SMILES string of the molecule is N#C[C@H]1CN(c2ncc(Cl)[nH]2)C(=O)N1c1cncc2ccccc12. The molecule has 0 radical (unpaired) electrons. The summed E-state index contributed by atoms with van der Waals surface area (Å²) in [6, 6.07) is 8.79. The van der Waals surface area contributed by atoms with E-state index in [2.05, 4.69) is 21.0 Å². The average Bonchev–Trinajstić information content (AvgIpc) is 3.17. The second-order valence-electron chi connectivity index (χ2n) is 5.34. The highest BCUT2D eigenvalue weighted by Crippen LogP contribution is 2.32. The van der Waals surface area contributed by atoms with Crippen LogP contribution in [0.3, 0.4) is 0 Å². The van der Waals surface area contributed by atoms with Crippen molar-refractivity contribution in [3.05, 3.63) is 48.0 Å². The number of H-pyrrole nitrogens is 1. The van der Waals surface area contributed by atoms with Crippen molar-refractivity contribution in [1.29, 1.82) is 5.26 Å². The van der Waals surface area contributed by atoms with Gasteiger partial charge in [-0.25, -0.2) is 9.78 Å². The van der Waals surface area contributed by atoms with E-state index in [1.807, 2.05) is 24.3 Å². The average molecular weight is 339 g/mol. The van der Waals surface area contributed by atoms with E-state index < -0.39 is 6.04 Å². The Kier molecular flexibility index (Phi) is 3.32. The monoisotopic (exact) mass is 338 g/mol. The van der Waals surface area contributed by atoms with Gasteiger partial charge >= 0.3 is 6.03 Å². The molecule has 1 aliphatic heterocycles. The Labute approximate surface area is 142 Å². The predicted octanol–water partition coefficient (Wildman–Crippen LogP) is 2.95. The number of amides is 2. The summed E-state index contributed by atoms with van der Waals surface area (Å²) in [5.74, 6) is 0.320. The molecule has 7 nitrogen and oxygen atoms in total. The first-order valence-corrected chi connectivity index (χ1v) is 7.60. The first kappa shape index (κ1) is 14.5. The standard InChI is InChI=1S/C16H11ClN6O/c17-14-8-20-15(21-14)22-9-11(5-18)23(16(22)24)13-7-19-6-10-3-1-2-4-12(10)13/h1-4,6-8,11H,9H2,(H,20,21)/t11-/m0/s1. The van der Waals surface area contributed by atoms with Gasteiger partial charge in [0.2, 0.25) is 5.95 Å². The zero-order valence-electron chi connectivity index (χ0n) is 12.3. The second-order valence-corrected chi connectivity index (χ2v) is 5.75. The third-order valence-corrected chi connectivity index (χ3v) is 4.14. The quantitative estimate of drug-likeness (QED) is 0.778. The van der Waals surface area contributed by atoms with Gasteiger partial charge in [-0.05, 0) is 0 Å². The number of carbonyl (C=O) groups excluding carboxylic acids is 1. The third-order valence-electron chi connectivity index (χ3n) is 3.95. The molecule has 1 N–H and O–H groups in total. The van der Waals surface area contributed by atoms with Crippen LogP contribution in [0.2, 0.25) is 5.15 Å². The molecule has 3 aromatic rings. The fourth-order valence-electron chi connectivity index (χ4n) is 2.86. The van der Waals surface area contributed by atoms with Gasteiger partial charge in [0, 0.05) is 17.0 Å². The van der Waals surface area contributed by atoms with Gasteiger partial charge in [-0.2, -0.15) is 5.26 Å². The number of benzene rings is 1. The molecule has 0 spiro atoms. The van der Waals surface area contributed by atoms with Crippen LogP contribution >= 0.6 is 11.6 Å². The summed E-state index contributed by atoms with van der Waals surface area (Å²) >= 11 is 5.84. The molecule has 24 heavy (non-hydrogen) atoms. The summed E-state index contributed by atoms with van der Waals surface area (Å²) in [5, 5.41) is 11.6. The summed E-state index contributed by atoms with van der Waals surface area (Å²) in [6.07, 6.45) is 4.75. The predicted molar refractivity (Wildman–Crippen MR) is 90.0 cm³/mol. The summed E-state index contributed by atoms with van der Waals surface area (Å²) in [7, 11) is 0. The van der Waals surface area contributed by atoms with E-state index in [0.717, 1.165) is 10.8 Å². The fourth-order valence-corrected chi connectivity index (χ4v) is 2.99.